The molecule has 4 nitrogen and oxygen atoms in total. The van der Waals surface area contributed by atoms with Crippen molar-refractivity contribution in [2.24, 2.45) is 0 Å². The molecule has 1 aliphatic rings. The number of hydrogen-bond acceptors (Lipinski definition) is 4. The number of esters is 1. The first kappa shape index (κ1) is 14.9. The van der Waals surface area contributed by atoms with Gasteiger partial charge in [-0.05, 0) is 36.2 Å². The Morgan fingerprint density at radius 3 is 2.68 bits per heavy atom. The Kier molecular flexibility index (Phi) is 4.32. The zero-order chi connectivity index (χ0) is 15.5. The summed E-state index contributed by atoms with van der Waals surface area (Å²) in [6.07, 6.45) is -1.41. The monoisotopic (exact) mass is 318 g/mol. The van der Waals surface area contributed by atoms with Crippen LogP contribution >= 0.6 is 11.6 Å². The lowest BCUT2D eigenvalue weighted by Crippen LogP contribution is -2.19. The zero-order valence-electron chi connectivity index (χ0n) is 12.0. The second kappa shape index (κ2) is 6.38. The molecule has 22 heavy (non-hydrogen) atoms. The average Bonchev–Trinajstić information content (AvgIpc) is 2.88. The Balaban J connectivity index is 1.62. The summed E-state index contributed by atoms with van der Waals surface area (Å²) in [6.45, 7) is 2.03. The summed E-state index contributed by atoms with van der Waals surface area (Å²) in [5, 5.41) is 0.650. The van der Waals surface area contributed by atoms with Crippen molar-refractivity contribution >= 4 is 17.6 Å². The van der Waals surface area contributed by atoms with E-state index in [0.717, 1.165) is 11.1 Å². The van der Waals surface area contributed by atoms with Crippen LogP contribution in [0.2, 0.25) is 5.02 Å². The maximum absolute atomic E-state index is 11.9. The van der Waals surface area contributed by atoms with Gasteiger partial charge >= 0.3 is 5.97 Å². The molecule has 0 saturated carbocycles. The van der Waals surface area contributed by atoms with Gasteiger partial charge in [0.2, 0.25) is 6.29 Å². The first-order chi connectivity index (χ1) is 10.6. The number of aryl methyl sites for hydroxylation is 1. The van der Waals surface area contributed by atoms with E-state index in [-0.39, 0.29) is 6.61 Å². The van der Waals surface area contributed by atoms with E-state index in [4.69, 9.17) is 25.8 Å². The van der Waals surface area contributed by atoms with E-state index in [1.165, 1.54) is 0 Å². The molecule has 3 rings (SSSR count). The van der Waals surface area contributed by atoms with E-state index in [0.29, 0.717) is 10.8 Å². The fourth-order valence-electron chi connectivity index (χ4n) is 2.27. The third-order valence-corrected chi connectivity index (χ3v) is 3.60. The van der Waals surface area contributed by atoms with Crippen LogP contribution in [0.1, 0.15) is 17.2 Å². The summed E-state index contributed by atoms with van der Waals surface area (Å²) in [5.41, 5.74) is 1.69. The third kappa shape index (κ3) is 3.24. The van der Waals surface area contributed by atoms with Crippen LogP contribution in [-0.4, -0.2) is 18.9 Å². The van der Waals surface area contributed by atoms with Gasteiger partial charge in [-0.2, -0.15) is 0 Å². The van der Waals surface area contributed by atoms with Gasteiger partial charge in [-0.1, -0.05) is 41.9 Å². The molecule has 1 fully saturated rings. The van der Waals surface area contributed by atoms with Crippen LogP contribution in [0, 0.1) is 6.92 Å². The summed E-state index contributed by atoms with van der Waals surface area (Å²) in [6, 6.07) is 14.6. The molecule has 0 aromatic heterocycles. The lowest BCUT2D eigenvalue weighted by Gasteiger charge is -2.13. The quantitative estimate of drug-likeness (QED) is 0.807. The summed E-state index contributed by atoms with van der Waals surface area (Å²) in [4.78, 5) is 11.9. The molecule has 1 aliphatic heterocycles. The fourth-order valence-corrected chi connectivity index (χ4v) is 2.50. The fraction of sp³-hybridized carbons (Fsp3) is 0.235. The summed E-state index contributed by atoms with van der Waals surface area (Å²) < 4.78 is 16.5. The molecule has 0 N–H and O–H groups in total. The normalized spacial score (nSPS) is 20.7. The van der Waals surface area contributed by atoms with Crippen molar-refractivity contribution in [1.82, 2.24) is 0 Å². The topological polar surface area (TPSA) is 44.8 Å². The van der Waals surface area contributed by atoms with E-state index in [1.54, 1.807) is 12.1 Å². The van der Waals surface area contributed by atoms with Crippen molar-refractivity contribution in [3.05, 3.63) is 64.7 Å². The molecule has 0 spiro atoms. The summed E-state index contributed by atoms with van der Waals surface area (Å²) in [5.74, 6) is 0.292. The van der Waals surface area contributed by atoms with Crippen molar-refractivity contribution in [1.29, 1.82) is 0 Å². The standard InChI is InChI=1S/C17H15ClO4/c1-11-9-13(18)7-8-14(11)20-10-15-21-16(17(19)22-15)12-5-3-2-4-6-12/h2-9,15-16H,10H2,1H3. The number of rotatable bonds is 4. The highest BCUT2D eigenvalue weighted by Crippen LogP contribution is 2.29. The molecule has 114 valence electrons. The number of ether oxygens (including phenoxy) is 3. The van der Waals surface area contributed by atoms with Crippen molar-refractivity contribution in [3.63, 3.8) is 0 Å². The lowest BCUT2D eigenvalue weighted by atomic mass is 10.1. The molecule has 1 heterocycles. The van der Waals surface area contributed by atoms with Gasteiger partial charge in [0.25, 0.3) is 0 Å². The molecule has 0 bridgehead atoms. The molecule has 0 radical (unpaired) electrons. The Hall–Kier alpha value is -2.04. The predicted octanol–water partition coefficient (Wildman–Crippen LogP) is 3.67. The SMILES string of the molecule is Cc1cc(Cl)ccc1OCC1OC(=O)C(c2ccccc2)O1. The highest BCUT2D eigenvalue weighted by atomic mass is 35.5. The first-order valence-electron chi connectivity index (χ1n) is 6.93. The molecule has 1 saturated heterocycles. The van der Waals surface area contributed by atoms with Crippen molar-refractivity contribution in [2.45, 2.75) is 19.3 Å². The van der Waals surface area contributed by atoms with Crippen molar-refractivity contribution in [3.8, 4) is 5.75 Å². The maximum Gasteiger partial charge on any atom is 0.342 e. The Labute approximate surface area is 133 Å². The van der Waals surface area contributed by atoms with Crippen LogP contribution in [-0.2, 0) is 14.3 Å². The van der Waals surface area contributed by atoms with Gasteiger partial charge in [-0.15, -0.1) is 0 Å². The molecule has 0 amide bonds. The Morgan fingerprint density at radius 2 is 1.95 bits per heavy atom. The van der Waals surface area contributed by atoms with Gasteiger partial charge in [-0.25, -0.2) is 4.79 Å². The minimum atomic E-state index is -0.715. The lowest BCUT2D eigenvalue weighted by molar-refractivity contribution is -0.145. The van der Waals surface area contributed by atoms with Gasteiger partial charge < -0.3 is 14.2 Å². The number of halogens is 1. The van der Waals surface area contributed by atoms with Crippen LogP contribution in [0.15, 0.2) is 48.5 Å². The number of benzene rings is 2. The number of cyclic esters (lactones) is 1. The highest BCUT2D eigenvalue weighted by Gasteiger charge is 2.36. The smallest absolute Gasteiger partial charge is 0.342 e. The molecule has 0 aliphatic carbocycles. The van der Waals surface area contributed by atoms with Crippen LogP contribution in [0.3, 0.4) is 0 Å². The van der Waals surface area contributed by atoms with E-state index in [2.05, 4.69) is 0 Å². The molecule has 2 atom stereocenters. The predicted molar refractivity (Wildman–Crippen MR) is 81.8 cm³/mol. The molecule has 5 heteroatoms. The first-order valence-corrected chi connectivity index (χ1v) is 7.31. The summed E-state index contributed by atoms with van der Waals surface area (Å²) >= 11 is 5.90. The minimum absolute atomic E-state index is 0.136. The van der Waals surface area contributed by atoms with Crippen molar-refractivity contribution in [2.75, 3.05) is 6.61 Å². The van der Waals surface area contributed by atoms with E-state index >= 15 is 0 Å². The van der Waals surface area contributed by atoms with Gasteiger partial charge in [0, 0.05) is 5.02 Å². The number of hydrogen-bond donors (Lipinski definition) is 0. The Bertz CT molecular complexity index is 672. The minimum Gasteiger partial charge on any atom is -0.487 e. The van der Waals surface area contributed by atoms with E-state index in [9.17, 15) is 4.79 Å². The van der Waals surface area contributed by atoms with Gasteiger partial charge in [0.05, 0.1) is 0 Å². The van der Waals surface area contributed by atoms with Crippen molar-refractivity contribution < 1.29 is 19.0 Å². The summed E-state index contributed by atoms with van der Waals surface area (Å²) in [7, 11) is 0. The van der Waals surface area contributed by atoms with E-state index in [1.807, 2.05) is 43.3 Å². The number of carbonyl (C=O) groups is 1. The third-order valence-electron chi connectivity index (χ3n) is 3.36. The van der Waals surface area contributed by atoms with Crippen LogP contribution < -0.4 is 4.74 Å². The maximum atomic E-state index is 11.9. The van der Waals surface area contributed by atoms with E-state index < -0.39 is 18.4 Å². The second-order valence-corrected chi connectivity index (χ2v) is 5.45. The molecule has 2 aromatic rings. The van der Waals surface area contributed by atoms with Gasteiger partial charge in [0.15, 0.2) is 12.7 Å². The average molecular weight is 319 g/mol. The molecular formula is C17H15ClO4. The van der Waals surface area contributed by atoms with Crippen LogP contribution in [0.5, 0.6) is 5.75 Å². The zero-order valence-corrected chi connectivity index (χ0v) is 12.7. The van der Waals surface area contributed by atoms with Crippen LogP contribution in [0.4, 0.5) is 0 Å². The van der Waals surface area contributed by atoms with Gasteiger partial charge in [0.1, 0.15) is 5.75 Å². The molecule has 2 aromatic carbocycles. The van der Waals surface area contributed by atoms with Gasteiger partial charge in [-0.3, -0.25) is 0 Å². The number of carbonyl (C=O) groups excluding carboxylic acids is 1. The largest absolute Gasteiger partial charge is 0.487 e. The second-order valence-electron chi connectivity index (χ2n) is 5.01. The van der Waals surface area contributed by atoms with Crippen LogP contribution in [0.25, 0.3) is 0 Å². The molecular weight excluding hydrogens is 304 g/mol. The highest BCUT2D eigenvalue weighted by molar-refractivity contribution is 6.30. The molecule has 2 unspecified atom stereocenters. The Morgan fingerprint density at radius 1 is 1.18 bits per heavy atom.